The second-order valence-electron chi connectivity index (χ2n) is 3.54. The Balaban J connectivity index is 2.93. The number of carbonyl (C=O) groups excluding carboxylic acids is 2. The standard InChI is InChI=1S/C8H9F5N2O2/c1-4-5(16)14-2-3-15(4)6(17)7(9,10)8(11,12)13/h4H,2-3H2,1H3,(H,14,16). The summed E-state index contributed by atoms with van der Waals surface area (Å²) in [5.74, 6) is -8.63. The smallest absolute Gasteiger partial charge is 0.353 e. The minimum Gasteiger partial charge on any atom is -0.353 e. The molecule has 1 aliphatic heterocycles. The molecule has 1 N–H and O–H groups in total. The zero-order valence-corrected chi connectivity index (χ0v) is 8.65. The second kappa shape index (κ2) is 4.11. The lowest BCUT2D eigenvalue weighted by atomic mass is 10.1. The van der Waals surface area contributed by atoms with E-state index in [1.54, 1.807) is 0 Å². The van der Waals surface area contributed by atoms with Crippen molar-refractivity contribution in [1.29, 1.82) is 0 Å². The van der Waals surface area contributed by atoms with E-state index >= 15 is 0 Å². The van der Waals surface area contributed by atoms with Crippen LogP contribution in [0.25, 0.3) is 0 Å². The quantitative estimate of drug-likeness (QED) is 0.699. The molecule has 9 heteroatoms. The first-order valence-corrected chi connectivity index (χ1v) is 4.62. The Kier molecular flexibility index (Phi) is 3.30. The summed E-state index contributed by atoms with van der Waals surface area (Å²) in [6.45, 7) is 0.555. The van der Waals surface area contributed by atoms with Crippen molar-refractivity contribution in [3.05, 3.63) is 0 Å². The highest BCUT2D eigenvalue weighted by Gasteiger charge is 2.65. The third-order valence-electron chi connectivity index (χ3n) is 2.38. The molecule has 1 rings (SSSR count). The van der Waals surface area contributed by atoms with Gasteiger partial charge in [-0.25, -0.2) is 0 Å². The molecule has 0 aliphatic carbocycles. The fourth-order valence-electron chi connectivity index (χ4n) is 1.36. The average Bonchev–Trinajstić information content (AvgIpc) is 2.19. The predicted molar refractivity (Wildman–Crippen MR) is 45.2 cm³/mol. The largest absolute Gasteiger partial charge is 0.463 e. The highest BCUT2D eigenvalue weighted by atomic mass is 19.4. The molecule has 0 aromatic rings. The molecule has 1 atom stereocenters. The molecule has 1 unspecified atom stereocenters. The molecule has 1 saturated heterocycles. The molecule has 1 aliphatic rings. The van der Waals surface area contributed by atoms with Crippen LogP contribution in [0.4, 0.5) is 22.0 Å². The summed E-state index contributed by atoms with van der Waals surface area (Å²) in [6, 6.07) is -1.34. The van der Waals surface area contributed by atoms with Crippen LogP contribution >= 0.6 is 0 Å². The van der Waals surface area contributed by atoms with Gasteiger partial charge in [0.1, 0.15) is 6.04 Å². The first-order chi connectivity index (χ1) is 7.59. The third kappa shape index (κ3) is 2.32. The Bertz CT molecular complexity index is 341. The van der Waals surface area contributed by atoms with E-state index in [1.165, 1.54) is 0 Å². The lowest BCUT2D eigenvalue weighted by Gasteiger charge is -2.35. The van der Waals surface area contributed by atoms with E-state index in [2.05, 4.69) is 5.32 Å². The van der Waals surface area contributed by atoms with E-state index in [1.807, 2.05) is 0 Å². The van der Waals surface area contributed by atoms with Gasteiger partial charge in [0.2, 0.25) is 5.91 Å². The Morgan fingerprint density at radius 1 is 1.35 bits per heavy atom. The summed E-state index contributed by atoms with van der Waals surface area (Å²) in [7, 11) is 0. The SMILES string of the molecule is CC1C(=O)NCCN1C(=O)C(F)(F)C(F)(F)F. The zero-order valence-electron chi connectivity index (χ0n) is 8.65. The number of nitrogens with zero attached hydrogens (tertiary/aromatic N) is 1. The van der Waals surface area contributed by atoms with Crippen LogP contribution in [0.3, 0.4) is 0 Å². The minimum absolute atomic E-state index is 0.150. The van der Waals surface area contributed by atoms with E-state index in [4.69, 9.17) is 0 Å². The molecule has 17 heavy (non-hydrogen) atoms. The monoisotopic (exact) mass is 260 g/mol. The van der Waals surface area contributed by atoms with Gasteiger partial charge in [0, 0.05) is 13.1 Å². The molecule has 0 saturated carbocycles. The number of rotatable bonds is 1. The van der Waals surface area contributed by atoms with Gasteiger partial charge in [0.25, 0.3) is 0 Å². The summed E-state index contributed by atoms with van der Waals surface area (Å²) < 4.78 is 61.4. The third-order valence-corrected chi connectivity index (χ3v) is 2.38. The summed E-state index contributed by atoms with van der Waals surface area (Å²) >= 11 is 0. The van der Waals surface area contributed by atoms with Crippen LogP contribution < -0.4 is 5.32 Å². The number of hydrogen-bond acceptors (Lipinski definition) is 2. The van der Waals surface area contributed by atoms with Crippen LogP contribution in [0.1, 0.15) is 6.92 Å². The minimum atomic E-state index is -5.96. The Morgan fingerprint density at radius 2 is 1.88 bits per heavy atom. The molecule has 0 bridgehead atoms. The topological polar surface area (TPSA) is 49.4 Å². The molecule has 0 aromatic heterocycles. The number of piperazine rings is 1. The number of alkyl halides is 5. The fraction of sp³-hybridized carbons (Fsp3) is 0.750. The number of hydrogen-bond donors (Lipinski definition) is 1. The lowest BCUT2D eigenvalue weighted by molar-refractivity contribution is -0.275. The van der Waals surface area contributed by atoms with Crippen molar-refractivity contribution in [2.24, 2.45) is 0 Å². The molecule has 98 valence electrons. The summed E-state index contributed by atoms with van der Waals surface area (Å²) in [6.07, 6.45) is -5.96. The van der Waals surface area contributed by atoms with Gasteiger partial charge >= 0.3 is 18.0 Å². The molecule has 1 heterocycles. The maximum atomic E-state index is 12.8. The molecule has 0 spiro atoms. The van der Waals surface area contributed by atoms with Crippen molar-refractivity contribution in [1.82, 2.24) is 10.2 Å². The van der Waals surface area contributed by atoms with Crippen molar-refractivity contribution in [3.8, 4) is 0 Å². The van der Waals surface area contributed by atoms with Gasteiger partial charge in [0.15, 0.2) is 0 Å². The van der Waals surface area contributed by atoms with Crippen LogP contribution in [0.5, 0.6) is 0 Å². The Hall–Kier alpha value is -1.41. The molecular formula is C8H9F5N2O2. The molecule has 2 amide bonds. The molecule has 0 aromatic carbocycles. The lowest BCUT2D eigenvalue weighted by Crippen LogP contribution is -2.61. The molecule has 0 radical (unpaired) electrons. The van der Waals surface area contributed by atoms with Crippen molar-refractivity contribution in [3.63, 3.8) is 0 Å². The van der Waals surface area contributed by atoms with Gasteiger partial charge in [-0.1, -0.05) is 0 Å². The maximum Gasteiger partial charge on any atom is 0.463 e. The van der Waals surface area contributed by atoms with Crippen molar-refractivity contribution in [2.75, 3.05) is 13.1 Å². The maximum absolute atomic E-state index is 12.8. The van der Waals surface area contributed by atoms with Crippen molar-refractivity contribution in [2.45, 2.75) is 25.1 Å². The van der Waals surface area contributed by atoms with Crippen LogP contribution in [0, 0.1) is 0 Å². The molecule has 1 fully saturated rings. The van der Waals surface area contributed by atoms with Crippen LogP contribution in [-0.2, 0) is 9.59 Å². The van der Waals surface area contributed by atoms with Gasteiger partial charge in [-0.2, -0.15) is 22.0 Å². The molecule has 4 nitrogen and oxygen atoms in total. The van der Waals surface area contributed by atoms with Gasteiger partial charge in [-0.15, -0.1) is 0 Å². The summed E-state index contributed by atoms with van der Waals surface area (Å²) in [5, 5.41) is 2.25. The van der Waals surface area contributed by atoms with E-state index in [9.17, 15) is 31.5 Å². The van der Waals surface area contributed by atoms with Crippen LogP contribution in [0.2, 0.25) is 0 Å². The van der Waals surface area contributed by atoms with Crippen molar-refractivity contribution < 1.29 is 31.5 Å². The van der Waals surface area contributed by atoms with Gasteiger partial charge in [-0.3, -0.25) is 9.59 Å². The number of nitrogens with one attached hydrogen (secondary N) is 1. The summed E-state index contributed by atoms with van der Waals surface area (Å²) in [5.41, 5.74) is 0. The average molecular weight is 260 g/mol. The molecular weight excluding hydrogens is 251 g/mol. The van der Waals surface area contributed by atoms with Crippen LogP contribution in [-0.4, -0.2) is 47.9 Å². The van der Waals surface area contributed by atoms with Crippen LogP contribution in [0.15, 0.2) is 0 Å². The first kappa shape index (κ1) is 13.7. The highest BCUT2D eigenvalue weighted by molar-refractivity contribution is 5.91. The van der Waals surface area contributed by atoms with E-state index < -0.39 is 30.0 Å². The Morgan fingerprint density at radius 3 is 2.35 bits per heavy atom. The van der Waals surface area contributed by atoms with Gasteiger partial charge < -0.3 is 10.2 Å². The normalized spacial score (nSPS) is 22.4. The zero-order chi connectivity index (χ0) is 13.4. The fourth-order valence-corrected chi connectivity index (χ4v) is 1.36. The Labute approximate surface area is 92.7 Å². The first-order valence-electron chi connectivity index (χ1n) is 4.62. The van der Waals surface area contributed by atoms with Crippen molar-refractivity contribution >= 4 is 11.8 Å². The predicted octanol–water partition coefficient (Wildman–Crippen LogP) is 0.531. The van der Waals surface area contributed by atoms with Gasteiger partial charge in [-0.05, 0) is 6.92 Å². The van der Waals surface area contributed by atoms with E-state index in [-0.39, 0.29) is 18.0 Å². The van der Waals surface area contributed by atoms with Gasteiger partial charge in [0.05, 0.1) is 0 Å². The number of carbonyl (C=O) groups is 2. The summed E-state index contributed by atoms with van der Waals surface area (Å²) in [4.78, 5) is 22.4. The highest BCUT2D eigenvalue weighted by Crippen LogP contribution is 2.37. The number of amides is 2. The number of halogens is 5. The second-order valence-corrected chi connectivity index (χ2v) is 3.54. The van der Waals surface area contributed by atoms with E-state index in [0.29, 0.717) is 0 Å². The van der Waals surface area contributed by atoms with E-state index in [0.717, 1.165) is 6.92 Å².